The molecular weight excluding hydrogens is 479 g/mol. The van der Waals surface area contributed by atoms with Crippen molar-refractivity contribution in [2.75, 3.05) is 18.8 Å². The largest absolute Gasteiger partial charge is 0.416 e. The number of carbonyl (C=O) groups excluding carboxylic acids is 1. The number of rotatable bonds is 10. The van der Waals surface area contributed by atoms with Crippen molar-refractivity contribution < 1.29 is 26.4 Å². The number of nitrogens with one attached hydrogen (secondary N) is 2. The molecule has 1 saturated carbocycles. The fourth-order valence-electron chi connectivity index (χ4n) is 5.44. The zero-order valence-corrected chi connectivity index (χ0v) is 21.8. The lowest BCUT2D eigenvalue weighted by Crippen LogP contribution is -2.52. The summed E-state index contributed by atoms with van der Waals surface area (Å²) in [5, 5.41) is 3.10. The number of hydrogen-bond acceptors (Lipinski definition) is 4. The van der Waals surface area contributed by atoms with Crippen molar-refractivity contribution in [3.63, 3.8) is 0 Å². The maximum absolute atomic E-state index is 13.1. The molecular formula is C25H38F3N3O3S. The number of likely N-dealkylation sites (tertiary alicyclic amines) is 1. The highest BCUT2D eigenvalue weighted by Gasteiger charge is 2.43. The fourth-order valence-corrected chi connectivity index (χ4v) is 7.05. The van der Waals surface area contributed by atoms with E-state index in [4.69, 9.17) is 0 Å². The van der Waals surface area contributed by atoms with Gasteiger partial charge < -0.3 is 5.32 Å². The molecule has 1 aliphatic heterocycles. The lowest BCUT2D eigenvalue weighted by atomic mass is 9.97. The van der Waals surface area contributed by atoms with Crippen molar-refractivity contribution in [3.8, 4) is 0 Å². The van der Waals surface area contributed by atoms with Gasteiger partial charge in [0.05, 0.1) is 11.3 Å². The molecule has 1 aromatic carbocycles. The predicted octanol–water partition coefficient (Wildman–Crippen LogP) is 4.02. The number of fused-ring (bicyclic) bond motifs is 1. The first-order valence-corrected chi connectivity index (χ1v) is 14.1. The number of carbonyl (C=O) groups is 1. The maximum Gasteiger partial charge on any atom is 0.416 e. The molecule has 0 bridgehead atoms. The number of halogens is 3. The average Bonchev–Trinajstić information content (AvgIpc) is 3.26. The molecule has 6 nitrogen and oxygen atoms in total. The first kappa shape index (κ1) is 27.9. The van der Waals surface area contributed by atoms with Gasteiger partial charge in [0.25, 0.3) is 0 Å². The number of alkyl halides is 3. The molecule has 0 radical (unpaired) electrons. The first-order valence-electron chi connectivity index (χ1n) is 12.4. The Balaban J connectivity index is 1.62. The Morgan fingerprint density at radius 1 is 1.11 bits per heavy atom. The molecule has 10 heteroatoms. The summed E-state index contributed by atoms with van der Waals surface area (Å²) < 4.78 is 66.8. The molecule has 1 saturated heterocycles. The zero-order chi connectivity index (χ0) is 26.0. The molecule has 3 rings (SSSR count). The standard InChI is InChI=1S/C25H38F3N3O3S/c1-16(2)10-23(30-35(33,34)15-17(3)4)24(32)29-22-9-8-19-13-31(14-21(19)22)12-18-6-5-7-20(11-18)25(26,27)28/h5-7,11,16-17,19,21-23,30H,8-10,12-15H2,1-4H3,(H,29,32)/t19-,21+,22+,23-/m0/s1. The zero-order valence-electron chi connectivity index (χ0n) is 20.9. The second-order valence-electron chi connectivity index (χ2n) is 11.0. The second-order valence-corrected chi connectivity index (χ2v) is 12.8. The van der Waals surface area contributed by atoms with E-state index in [2.05, 4.69) is 14.9 Å². The monoisotopic (exact) mass is 517 g/mol. The van der Waals surface area contributed by atoms with Crippen LogP contribution in [0.15, 0.2) is 24.3 Å². The molecule has 0 unspecified atom stereocenters. The Bertz CT molecular complexity index is 982. The van der Waals surface area contributed by atoms with Crippen LogP contribution in [0.1, 0.15) is 58.1 Å². The molecule has 2 fully saturated rings. The Morgan fingerprint density at radius 3 is 2.46 bits per heavy atom. The van der Waals surface area contributed by atoms with Gasteiger partial charge in [0.15, 0.2) is 0 Å². The van der Waals surface area contributed by atoms with E-state index in [0.29, 0.717) is 31.0 Å². The number of benzene rings is 1. The number of nitrogens with zero attached hydrogens (tertiary/aromatic N) is 1. The average molecular weight is 518 g/mol. The van der Waals surface area contributed by atoms with Gasteiger partial charge in [-0.3, -0.25) is 9.69 Å². The van der Waals surface area contributed by atoms with E-state index < -0.39 is 27.8 Å². The third-order valence-electron chi connectivity index (χ3n) is 6.82. The normalized spacial score (nSPS) is 24.2. The molecule has 1 heterocycles. The fraction of sp³-hybridized carbons (Fsp3) is 0.720. The van der Waals surface area contributed by atoms with E-state index in [0.717, 1.165) is 25.5 Å². The van der Waals surface area contributed by atoms with E-state index in [9.17, 15) is 26.4 Å². The number of sulfonamides is 1. The van der Waals surface area contributed by atoms with Crippen molar-refractivity contribution in [1.29, 1.82) is 0 Å². The minimum absolute atomic E-state index is 0.0342. The summed E-state index contributed by atoms with van der Waals surface area (Å²) in [6, 6.07) is 4.54. The van der Waals surface area contributed by atoms with E-state index in [-0.39, 0.29) is 35.5 Å². The SMILES string of the molecule is CC(C)C[C@H](NS(=O)(=O)CC(C)C)C(=O)N[C@@H]1CC[C@H]2CN(Cc3cccc(C(F)(F)F)c3)C[C@H]21. The molecule has 198 valence electrons. The molecule has 0 aromatic heterocycles. The lowest BCUT2D eigenvalue weighted by Gasteiger charge is -2.26. The van der Waals surface area contributed by atoms with Crippen LogP contribution in [-0.4, -0.2) is 50.2 Å². The van der Waals surface area contributed by atoms with Crippen molar-refractivity contribution in [3.05, 3.63) is 35.4 Å². The third-order valence-corrected chi connectivity index (χ3v) is 8.57. The van der Waals surface area contributed by atoms with E-state index in [1.54, 1.807) is 6.07 Å². The summed E-state index contributed by atoms with van der Waals surface area (Å²) in [4.78, 5) is 15.3. The second kappa shape index (κ2) is 11.2. The molecule has 1 aromatic rings. The summed E-state index contributed by atoms with van der Waals surface area (Å²) >= 11 is 0. The Kier molecular flexibility index (Phi) is 8.91. The highest BCUT2D eigenvalue weighted by Crippen LogP contribution is 2.39. The number of amides is 1. The predicted molar refractivity (Wildman–Crippen MR) is 130 cm³/mol. The van der Waals surface area contributed by atoms with Gasteiger partial charge in [-0.25, -0.2) is 13.1 Å². The quantitative estimate of drug-likeness (QED) is 0.492. The Hall–Kier alpha value is -1.65. The Morgan fingerprint density at radius 2 is 1.83 bits per heavy atom. The van der Waals surface area contributed by atoms with Crippen LogP contribution in [0, 0.1) is 23.7 Å². The van der Waals surface area contributed by atoms with Gasteiger partial charge in [-0.15, -0.1) is 0 Å². The third kappa shape index (κ3) is 7.92. The van der Waals surface area contributed by atoms with Crippen LogP contribution in [-0.2, 0) is 27.5 Å². The summed E-state index contributed by atoms with van der Waals surface area (Å²) in [5.74, 6) is 0.329. The van der Waals surface area contributed by atoms with Crippen molar-refractivity contribution in [2.45, 2.75) is 71.8 Å². The van der Waals surface area contributed by atoms with Crippen LogP contribution in [0.5, 0.6) is 0 Å². The van der Waals surface area contributed by atoms with Crippen LogP contribution in [0.25, 0.3) is 0 Å². The van der Waals surface area contributed by atoms with E-state index in [1.165, 1.54) is 12.1 Å². The van der Waals surface area contributed by atoms with E-state index >= 15 is 0 Å². The van der Waals surface area contributed by atoms with Gasteiger partial charge in [-0.05, 0) is 54.6 Å². The Labute approximate surface area is 207 Å². The van der Waals surface area contributed by atoms with Crippen LogP contribution >= 0.6 is 0 Å². The van der Waals surface area contributed by atoms with Gasteiger partial charge in [0.1, 0.15) is 6.04 Å². The molecule has 4 atom stereocenters. The minimum Gasteiger partial charge on any atom is -0.352 e. The van der Waals surface area contributed by atoms with Gasteiger partial charge in [-0.1, -0.05) is 45.9 Å². The first-order chi connectivity index (χ1) is 16.2. The van der Waals surface area contributed by atoms with Crippen LogP contribution in [0.3, 0.4) is 0 Å². The van der Waals surface area contributed by atoms with Gasteiger partial charge in [0, 0.05) is 25.7 Å². The summed E-state index contributed by atoms with van der Waals surface area (Å²) in [6.07, 6.45) is -2.20. The minimum atomic E-state index is -4.36. The molecule has 2 N–H and O–H groups in total. The highest BCUT2D eigenvalue weighted by atomic mass is 32.2. The summed E-state index contributed by atoms with van der Waals surface area (Å²) in [6.45, 7) is 9.45. The maximum atomic E-state index is 13.1. The molecule has 1 amide bonds. The van der Waals surface area contributed by atoms with Crippen LogP contribution in [0.2, 0.25) is 0 Å². The highest BCUT2D eigenvalue weighted by molar-refractivity contribution is 7.89. The van der Waals surface area contributed by atoms with Gasteiger partial charge in [0.2, 0.25) is 15.9 Å². The molecule has 2 aliphatic rings. The van der Waals surface area contributed by atoms with Gasteiger partial charge >= 0.3 is 6.18 Å². The van der Waals surface area contributed by atoms with Gasteiger partial charge in [-0.2, -0.15) is 13.2 Å². The lowest BCUT2D eigenvalue weighted by molar-refractivity contribution is -0.137. The van der Waals surface area contributed by atoms with Crippen molar-refractivity contribution >= 4 is 15.9 Å². The summed E-state index contributed by atoms with van der Waals surface area (Å²) in [5.41, 5.74) is -0.0208. The molecule has 0 spiro atoms. The van der Waals surface area contributed by atoms with Crippen molar-refractivity contribution in [2.24, 2.45) is 23.7 Å². The summed E-state index contributed by atoms with van der Waals surface area (Å²) in [7, 11) is -3.58. The van der Waals surface area contributed by atoms with E-state index in [1.807, 2.05) is 27.7 Å². The molecule has 35 heavy (non-hydrogen) atoms. The number of hydrogen-bond donors (Lipinski definition) is 2. The smallest absolute Gasteiger partial charge is 0.352 e. The topological polar surface area (TPSA) is 78.5 Å². The van der Waals surface area contributed by atoms with Crippen LogP contribution in [0.4, 0.5) is 13.2 Å². The molecule has 1 aliphatic carbocycles. The van der Waals surface area contributed by atoms with Crippen molar-refractivity contribution in [1.82, 2.24) is 14.9 Å². The van der Waals surface area contributed by atoms with Crippen LogP contribution < -0.4 is 10.0 Å².